The zero-order valence-corrected chi connectivity index (χ0v) is 20.4. The summed E-state index contributed by atoms with van der Waals surface area (Å²) in [5.41, 5.74) is 4.63. The van der Waals surface area contributed by atoms with Gasteiger partial charge >= 0.3 is 0 Å². The summed E-state index contributed by atoms with van der Waals surface area (Å²) in [6.07, 6.45) is 0. The van der Waals surface area contributed by atoms with Crippen molar-refractivity contribution in [2.45, 2.75) is 6.54 Å². The third kappa shape index (κ3) is 4.18. The lowest BCUT2D eigenvalue weighted by molar-refractivity contribution is 0.602. The van der Waals surface area contributed by atoms with Crippen LogP contribution in [-0.4, -0.2) is 25.2 Å². The van der Waals surface area contributed by atoms with Gasteiger partial charge in [0.1, 0.15) is 11.4 Å². The van der Waals surface area contributed by atoms with Crippen LogP contribution in [0.25, 0.3) is 22.6 Å². The van der Waals surface area contributed by atoms with E-state index in [1.165, 1.54) is 16.8 Å². The molecule has 0 spiro atoms. The van der Waals surface area contributed by atoms with Gasteiger partial charge in [0.15, 0.2) is 0 Å². The third-order valence-electron chi connectivity index (χ3n) is 5.59. The fourth-order valence-electron chi connectivity index (χ4n) is 3.85. The van der Waals surface area contributed by atoms with E-state index in [1.54, 1.807) is 28.9 Å². The number of hydrogen-bond donors (Lipinski definition) is 1. The molecule has 1 aliphatic rings. The number of anilines is 1. The van der Waals surface area contributed by atoms with Gasteiger partial charge in [0.2, 0.25) is 0 Å². The highest BCUT2D eigenvalue weighted by Gasteiger charge is 2.34. The van der Waals surface area contributed by atoms with Crippen LogP contribution in [0.4, 0.5) is 5.69 Å². The molecule has 1 aliphatic heterocycles. The summed E-state index contributed by atoms with van der Waals surface area (Å²) in [4.78, 5) is 0. The van der Waals surface area contributed by atoms with E-state index in [-0.39, 0.29) is 0 Å². The molecular weight excluding hydrogens is 491 g/mol. The van der Waals surface area contributed by atoms with E-state index in [1.807, 2.05) is 54.6 Å². The summed E-state index contributed by atoms with van der Waals surface area (Å²) in [7, 11) is -2.20. The summed E-state index contributed by atoms with van der Waals surface area (Å²) in [6.45, 7) is 0.454. The molecule has 3 aromatic carbocycles. The Morgan fingerprint density at radius 2 is 1.50 bits per heavy atom. The quantitative estimate of drug-likeness (QED) is 0.373. The lowest BCUT2D eigenvalue weighted by Crippen LogP contribution is -2.31. The van der Waals surface area contributed by atoms with E-state index in [4.69, 9.17) is 28.3 Å². The number of hydrogen-bond acceptors (Lipinski definition) is 4. The number of aromatic nitrogens is 2. The summed E-state index contributed by atoms with van der Waals surface area (Å²) in [5.74, 6) is 0. The number of nitrogens with one attached hydrogen (secondary N) is 1. The topological polar surface area (TPSA) is 67.2 Å². The highest BCUT2D eigenvalue weighted by molar-refractivity contribution is 7.95. The fourth-order valence-corrected chi connectivity index (χ4v) is 5.19. The monoisotopic (exact) mass is 510 g/mol. The number of rotatable bonds is 5. The molecule has 0 fully saturated rings. The molecule has 0 radical (unpaired) electrons. The minimum Gasteiger partial charge on any atom is -0.378 e. The van der Waals surface area contributed by atoms with Crippen LogP contribution in [0.1, 0.15) is 11.3 Å². The summed E-state index contributed by atoms with van der Waals surface area (Å²) in [5, 5.41) is 10.5. The Hall–Kier alpha value is -3.26. The van der Waals surface area contributed by atoms with Crippen LogP contribution in [0.5, 0.6) is 0 Å². The van der Waals surface area contributed by atoms with Gasteiger partial charge in [0.05, 0.1) is 22.5 Å². The Labute approximate surface area is 208 Å². The SMILES string of the molecule is CN1c2c(nn(-c3ccc(Cl)cc3)c2-c2ccc(Cl)cc2)C(NCc2ccccc2)=CS1(=O)=O. The van der Waals surface area contributed by atoms with Crippen molar-refractivity contribution in [3.63, 3.8) is 0 Å². The predicted molar refractivity (Wildman–Crippen MR) is 138 cm³/mol. The molecule has 1 N–H and O–H groups in total. The smallest absolute Gasteiger partial charge is 0.259 e. The first-order valence-corrected chi connectivity index (χ1v) is 12.7. The number of benzene rings is 3. The molecule has 34 heavy (non-hydrogen) atoms. The first kappa shape index (κ1) is 22.5. The third-order valence-corrected chi connectivity index (χ3v) is 7.58. The first-order chi connectivity index (χ1) is 16.3. The number of fused-ring (bicyclic) bond motifs is 1. The minimum atomic E-state index is -3.73. The number of halogens is 2. The van der Waals surface area contributed by atoms with Crippen LogP contribution in [0.3, 0.4) is 0 Å². The molecule has 6 nitrogen and oxygen atoms in total. The van der Waals surface area contributed by atoms with Crippen molar-refractivity contribution < 1.29 is 8.42 Å². The second-order valence-corrected chi connectivity index (χ2v) is 10.5. The maximum atomic E-state index is 13.1. The van der Waals surface area contributed by atoms with Gasteiger partial charge in [0.25, 0.3) is 10.0 Å². The zero-order chi connectivity index (χ0) is 23.9. The average molecular weight is 511 g/mol. The molecule has 5 rings (SSSR count). The molecule has 0 unspecified atom stereocenters. The normalized spacial score (nSPS) is 14.4. The largest absolute Gasteiger partial charge is 0.378 e. The van der Waals surface area contributed by atoms with Gasteiger partial charge in [0, 0.05) is 29.2 Å². The Bertz CT molecular complexity index is 1480. The van der Waals surface area contributed by atoms with Crippen molar-refractivity contribution in [3.05, 3.63) is 106 Å². The Kier molecular flexibility index (Phi) is 5.85. The summed E-state index contributed by atoms with van der Waals surface area (Å²) in [6, 6.07) is 24.2. The van der Waals surface area contributed by atoms with Crippen LogP contribution < -0.4 is 9.62 Å². The molecule has 172 valence electrons. The van der Waals surface area contributed by atoms with Crippen LogP contribution in [0, 0.1) is 0 Å². The van der Waals surface area contributed by atoms with E-state index >= 15 is 0 Å². The standard InChI is InChI=1S/C25H20Cl2N4O2S/c1-30-25-23(22(16-34(30,32)33)28-15-17-5-3-2-4-6-17)29-31(21-13-11-20(27)12-14-21)24(25)18-7-9-19(26)10-8-18/h2-14,16,28H,15H2,1H3. The molecule has 0 saturated carbocycles. The maximum absolute atomic E-state index is 13.1. The molecule has 0 bridgehead atoms. The minimum absolute atomic E-state index is 0.430. The van der Waals surface area contributed by atoms with Gasteiger partial charge < -0.3 is 5.32 Å². The highest BCUT2D eigenvalue weighted by Crippen LogP contribution is 2.42. The number of nitrogens with zero attached hydrogens (tertiary/aromatic N) is 3. The highest BCUT2D eigenvalue weighted by atomic mass is 35.5. The van der Waals surface area contributed by atoms with Crippen LogP contribution >= 0.6 is 23.2 Å². The molecule has 0 aliphatic carbocycles. The molecule has 0 amide bonds. The second kappa shape index (κ2) is 8.83. The fraction of sp³-hybridized carbons (Fsp3) is 0.0800. The van der Waals surface area contributed by atoms with Crippen LogP contribution in [-0.2, 0) is 16.6 Å². The Balaban J connectivity index is 1.70. The van der Waals surface area contributed by atoms with E-state index < -0.39 is 10.0 Å². The summed E-state index contributed by atoms with van der Waals surface area (Å²) >= 11 is 12.2. The van der Waals surface area contributed by atoms with E-state index in [2.05, 4.69) is 5.32 Å². The molecule has 0 saturated heterocycles. The predicted octanol–water partition coefficient (Wildman–Crippen LogP) is 5.71. The van der Waals surface area contributed by atoms with Gasteiger partial charge in [-0.05, 0) is 42.0 Å². The van der Waals surface area contributed by atoms with Crippen molar-refractivity contribution in [2.24, 2.45) is 0 Å². The van der Waals surface area contributed by atoms with Gasteiger partial charge in [-0.2, -0.15) is 5.10 Å². The summed E-state index contributed by atoms with van der Waals surface area (Å²) < 4.78 is 29.3. The Morgan fingerprint density at radius 1 is 0.882 bits per heavy atom. The molecule has 9 heteroatoms. The van der Waals surface area contributed by atoms with E-state index in [0.29, 0.717) is 39.4 Å². The van der Waals surface area contributed by atoms with Crippen molar-refractivity contribution in [2.75, 3.05) is 11.4 Å². The average Bonchev–Trinajstić information content (AvgIpc) is 3.23. The first-order valence-electron chi connectivity index (χ1n) is 10.5. The lowest BCUT2D eigenvalue weighted by Gasteiger charge is -2.25. The van der Waals surface area contributed by atoms with Gasteiger partial charge in [-0.25, -0.2) is 13.1 Å². The van der Waals surface area contributed by atoms with Crippen LogP contribution in [0.2, 0.25) is 10.0 Å². The van der Waals surface area contributed by atoms with Crippen molar-refractivity contribution in [1.82, 2.24) is 15.1 Å². The van der Waals surface area contributed by atoms with Crippen molar-refractivity contribution in [1.29, 1.82) is 0 Å². The molecular formula is C25H20Cl2N4O2S. The van der Waals surface area contributed by atoms with E-state index in [9.17, 15) is 8.42 Å². The molecule has 2 heterocycles. The molecule has 1 aromatic heterocycles. The van der Waals surface area contributed by atoms with Crippen molar-refractivity contribution in [3.8, 4) is 16.9 Å². The number of sulfonamides is 1. The zero-order valence-electron chi connectivity index (χ0n) is 18.1. The molecule has 4 aromatic rings. The maximum Gasteiger partial charge on any atom is 0.259 e. The molecule has 0 atom stereocenters. The van der Waals surface area contributed by atoms with Gasteiger partial charge in [-0.15, -0.1) is 0 Å². The lowest BCUT2D eigenvalue weighted by atomic mass is 10.1. The van der Waals surface area contributed by atoms with E-state index in [0.717, 1.165) is 16.8 Å². The van der Waals surface area contributed by atoms with Crippen LogP contribution in [0.15, 0.2) is 84.3 Å². The van der Waals surface area contributed by atoms with Crippen molar-refractivity contribution >= 4 is 44.6 Å². The Morgan fingerprint density at radius 3 is 2.15 bits per heavy atom. The van der Waals surface area contributed by atoms with Gasteiger partial charge in [-0.1, -0.05) is 65.7 Å². The second-order valence-electron chi connectivity index (χ2n) is 7.82. The van der Waals surface area contributed by atoms with Gasteiger partial charge in [-0.3, -0.25) is 4.31 Å².